The SMILES string of the molecule is COc1cc(C(=O)NCC(O)(c2cc3c(c(-c4ccc(C(F)F)s4)n2)OC[C@]3(C)C(N)=O)C(F)(F)F)cc2cn(C3CC3)nc12. The normalized spacial score (nSPS) is 19.3. The number of rotatable bonds is 9. The molecule has 3 aromatic heterocycles. The molecule has 4 heterocycles. The fourth-order valence-corrected chi connectivity index (χ4v) is 5.99. The van der Waals surface area contributed by atoms with Crippen LogP contribution in [0.3, 0.4) is 0 Å². The van der Waals surface area contributed by atoms with Crippen LogP contribution in [0.4, 0.5) is 22.0 Å². The minimum atomic E-state index is -5.40. The number of aromatic nitrogens is 3. The van der Waals surface area contributed by atoms with Crippen molar-refractivity contribution in [1.29, 1.82) is 0 Å². The lowest BCUT2D eigenvalue weighted by atomic mass is 9.82. The number of nitrogens with two attached hydrogens (primary N) is 1. The van der Waals surface area contributed by atoms with Crippen molar-refractivity contribution in [3.8, 4) is 22.1 Å². The minimum absolute atomic E-state index is 0.0119. The van der Waals surface area contributed by atoms with Crippen molar-refractivity contribution in [2.45, 2.75) is 49.4 Å². The van der Waals surface area contributed by atoms with E-state index in [0.29, 0.717) is 22.2 Å². The number of primary amides is 1. The summed E-state index contributed by atoms with van der Waals surface area (Å²) in [4.78, 5) is 29.3. The van der Waals surface area contributed by atoms with Crippen LogP contribution in [0.15, 0.2) is 36.5 Å². The van der Waals surface area contributed by atoms with Gasteiger partial charge in [-0.05, 0) is 50.1 Å². The maximum Gasteiger partial charge on any atom is 0.424 e. The van der Waals surface area contributed by atoms with Crippen LogP contribution in [-0.4, -0.2) is 58.1 Å². The average Bonchev–Trinajstić information content (AvgIpc) is 3.39. The molecule has 0 spiro atoms. The van der Waals surface area contributed by atoms with Gasteiger partial charge in [0.15, 0.2) is 5.75 Å². The van der Waals surface area contributed by atoms with Crippen molar-refractivity contribution in [1.82, 2.24) is 20.1 Å². The summed E-state index contributed by atoms with van der Waals surface area (Å²) in [6, 6.07) is 6.16. The molecule has 10 nitrogen and oxygen atoms in total. The number of nitrogens with zero attached hydrogens (tertiary/aromatic N) is 3. The molecule has 4 N–H and O–H groups in total. The highest BCUT2D eigenvalue weighted by atomic mass is 32.1. The first-order valence-electron chi connectivity index (χ1n) is 13.7. The Morgan fingerprint density at radius 3 is 2.60 bits per heavy atom. The molecule has 6 rings (SSSR count). The smallest absolute Gasteiger partial charge is 0.424 e. The second-order valence-electron chi connectivity index (χ2n) is 11.2. The van der Waals surface area contributed by atoms with Crippen molar-refractivity contribution >= 4 is 34.1 Å². The van der Waals surface area contributed by atoms with Crippen LogP contribution in [0.25, 0.3) is 21.5 Å². The van der Waals surface area contributed by atoms with E-state index in [-0.39, 0.29) is 50.7 Å². The van der Waals surface area contributed by atoms with Gasteiger partial charge >= 0.3 is 6.18 Å². The average molecular weight is 652 g/mol. The summed E-state index contributed by atoms with van der Waals surface area (Å²) in [6.45, 7) is -0.397. The highest BCUT2D eigenvalue weighted by Crippen LogP contribution is 2.49. The predicted molar refractivity (Wildman–Crippen MR) is 151 cm³/mol. The van der Waals surface area contributed by atoms with Gasteiger partial charge in [-0.3, -0.25) is 14.3 Å². The second-order valence-corrected chi connectivity index (χ2v) is 12.3. The Labute approximate surface area is 255 Å². The Bertz CT molecular complexity index is 1840. The highest BCUT2D eigenvalue weighted by Gasteiger charge is 2.58. The predicted octanol–water partition coefficient (Wildman–Crippen LogP) is 4.76. The zero-order valence-electron chi connectivity index (χ0n) is 23.7. The molecule has 238 valence electrons. The third kappa shape index (κ3) is 5.14. The van der Waals surface area contributed by atoms with Gasteiger partial charge in [0.2, 0.25) is 11.5 Å². The van der Waals surface area contributed by atoms with Crippen molar-refractivity contribution in [2.24, 2.45) is 5.73 Å². The van der Waals surface area contributed by atoms with E-state index in [2.05, 4.69) is 15.4 Å². The van der Waals surface area contributed by atoms with Crippen molar-refractivity contribution < 1.29 is 46.1 Å². The monoisotopic (exact) mass is 651 g/mol. The summed E-state index contributed by atoms with van der Waals surface area (Å²) in [5.41, 5.74) is -0.805. The molecule has 1 fully saturated rings. The van der Waals surface area contributed by atoms with E-state index in [9.17, 15) is 36.6 Å². The molecule has 2 atom stereocenters. The fourth-order valence-electron chi connectivity index (χ4n) is 5.14. The van der Waals surface area contributed by atoms with E-state index < -0.39 is 47.7 Å². The first-order chi connectivity index (χ1) is 21.2. The number of halogens is 5. The Balaban J connectivity index is 1.40. The number of benzene rings is 1. The molecule has 0 bridgehead atoms. The Hall–Kier alpha value is -4.31. The van der Waals surface area contributed by atoms with Crippen LogP contribution in [0.1, 0.15) is 58.7 Å². The van der Waals surface area contributed by atoms with Gasteiger partial charge in [-0.15, -0.1) is 11.3 Å². The Morgan fingerprint density at radius 1 is 1.27 bits per heavy atom. The van der Waals surface area contributed by atoms with Crippen LogP contribution < -0.4 is 20.5 Å². The number of hydrogen-bond donors (Lipinski definition) is 3. The lowest BCUT2D eigenvalue weighted by molar-refractivity contribution is -0.265. The standard InChI is InChI=1S/C29H26F5N5O5S/c1-27(26(35)41)12-44-23-16(27)9-20(37-22(23)18-5-6-19(45-18)24(30)31)28(42,29(32,33)34)11-36-25(40)13-7-14-10-39(15-3-4-15)38-21(14)17(8-13)43-2/h5-10,15,24,42H,3-4,11-12H2,1-2H3,(H2,35,41)(H,36,40)/t27-,28?/m0/s1. The maximum absolute atomic E-state index is 14.7. The zero-order valence-corrected chi connectivity index (χ0v) is 24.6. The number of fused-ring (bicyclic) bond motifs is 2. The van der Waals surface area contributed by atoms with Gasteiger partial charge in [-0.1, -0.05) is 0 Å². The first kappa shape index (κ1) is 30.7. The molecule has 4 aromatic rings. The number of ether oxygens (including phenoxy) is 2. The molecule has 1 saturated carbocycles. The Kier molecular flexibility index (Phi) is 7.27. The number of carbonyl (C=O) groups is 2. The third-order valence-electron chi connectivity index (χ3n) is 8.08. The number of amides is 2. The van der Waals surface area contributed by atoms with E-state index in [4.69, 9.17) is 15.2 Å². The lowest BCUT2D eigenvalue weighted by Gasteiger charge is -2.31. The van der Waals surface area contributed by atoms with Gasteiger partial charge in [-0.2, -0.15) is 18.3 Å². The quantitative estimate of drug-likeness (QED) is 0.222. The molecule has 2 aliphatic rings. The van der Waals surface area contributed by atoms with E-state index in [1.54, 1.807) is 10.9 Å². The number of carbonyl (C=O) groups excluding carboxylic acids is 2. The van der Waals surface area contributed by atoms with Gasteiger partial charge in [0.25, 0.3) is 12.3 Å². The first-order valence-corrected chi connectivity index (χ1v) is 14.5. The van der Waals surface area contributed by atoms with Gasteiger partial charge < -0.3 is 25.6 Å². The van der Waals surface area contributed by atoms with Crippen LogP contribution in [-0.2, 0) is 15.8 Å². The second kappa shape index (κ2) is 10.7. The van der Waals surface area contributed by atoms with Crippen LogP contribution >= 0.6 is 11.3 Å². The van der Waals surface area contributed by atoms with Gasteiger partial charge in [-0.25, -0.2) is 13.8 Å². The summed E-state index contributed by atoms with van der Waals surface area (Å²) in [5, 5.41) is 18.4. The molecule has 1 unspecified atom stereocenters. The molecule has 2 amide bonds. The van der Waals surface area contributed by atoms with E-state index in [0.717, 1.165) is 25.0 Å². The van der Waals surface area contributed by atoms with Crippen LogP contribution in [0.2, 0.25) is 0 Å². The number of pyridine rings is 1. The summed E-state index contributed by atoms with van der Waals surface area (Å²) >= 11 is 0.563. The molecule has 0 saturated heterocycles. The van der Waals surface area contributed by atoms with Gasteiger partial charge in [0, 0.05) is 22.7 Å². The minimum Gasteiger partial charge on any atom is -0.494 e. The summed E-state index contributed by atoms with van der Waals surface area (Å²) in [6.07, 6.45) is -4.65. The van der Waals surface area contributed by atoms with E-state index >= 15 is 0 Å². The third-order valence-corrected chi connectivity index (χ3v) is 9.18. The number of hydrogen-bond acceptors (Lipinski definition) is 8. The molecule has 0 radical (unpaired) electrons. The van der Waals surface area contributed by atoms with Gasteiger partial charge in [0.1, 0.15) is 29.0 Å². The van der Waals surface area contributed by atoms with Crippen LogP contribution in [0.5, 0.6) is 11.5 Å². The van der Waals surface area contributed by atoms with Gasteiger partial charge in [0.05, 0.1) is 35.1 Å². The largest absolute Gasteiger partial charge is 0.494 e. The lowest BCUT2D eigenvalue weighted by Crippen LogP contribution is -2.51. The summed E-state index contributed by atoms with van der Waals surface area (Å²) in [7, 11) is 1.37. The molecule has 16 heteroatoms. The van der Waals surface area contributed by atoms with E-state index in [1.807, 2.05) is 0 Å². The Morgan fingerprint density at radius 2 is 2.00 bits per heavy atom. The van der Waals surface area contributed by atoms with Crippen molar-refractivity contribution in [3.63, 3.8) is 0 Å². The fraction of sp³-hybridized carbons (Fsp3) is 0.379. The van der Waals surface area contributed by atoms with Crippen LogP contribution in [0, 0.1) is 0 Å². The molecule has 1 aliphatic carbocycles. The number of methoxy groups -OCH3 is 1. The summed E-state index contributed by atoms with van der Waals surface area (Å²) in [5.74, 6) is -1.77. The van der Waals surface area contributed by atoms with E-state index in [1.165, 1.54) is 32.2 Å². The number of aliphatic hydroxyl groups is 1. The van der Waals surface area contributed by atoms with Crippen molar-refractivity contribution in [3.05, 3.63) is 58.2 Å². The molecule has 1 aromatic carbocycles. The number of nitrogens with one attached hydrogen (secondary N) is 1. The van der Waals surface area contributed by atoms with Crippen molar-refractivity contribution in [2.75, 3.05) is 20.3 Å². The highest BCUT2D eigenvalue weighted by molar-refractivity contribution is 7.15. The molecule has 45 heavy (non-hydrogen) atoms. The molecule has 1 aliphatic heterocycles. The maximum atomic E-state index is 14.7. The number of alkyl halides is 5. The number of thiophene rings is 1. The summed E-state index contributed by atoms with van der Waals surface area (Å²) < 4.78 is 83.6. The molecular formula is C29H26F5N5O5S. The topological polar surface area (TPSA) is 142 Å². The zero-order chi connectivity index (χ0) is 32.5. The molecular weight excluding hydrogens is 625 g/mol.